The van der Waals surface area contributed by atoms with Crippen LogP contribution in [-0.2, 0) is 0 Å². The van der Waals surface area contributed by atoms with Crippen LogP contribution >= 0.6 is 15.9 Å². The van der Waals surface area contributed by atoms with Crippen molar-refractivity contribution in [3.63, 3.8) is 0 Å². The number of rotatable bonds is 1. The Morgan fingerprint density at radius 1 is 1.31 bits per heavy atom. The van der Waals surface area contributed by atoms with Crippen molar-refractivity contribution in [2.45, 2.75) is 24.8 Å². The molecule has 5 rings (SSSR count). The third kappa shape index (κ3) is 1.25. The summed E-state index contributed by atoms with van der Waals surface area (Å²) >= 11 is 3.55. The van der Waals surface area contributed by atoms with Crippen molar-refractivity contribution < 1.29 is 0 Å². The Kier molecular flexibility index (Phi) is 1.98. The summed E-state index contributed by atoms with van der Waals surface area (Å²) in [6, 6.07) is 5.06. The molecule has 3 saturated heterocycles. The fraction of sp³-hybridized carbons (Fsp3) is 0.615. The van der Waals surface area contributed by atoms with Crippen LogP contribution in [0, 0.1) is 11.8 Å². The predicted octanol–water partition coefficient (Wildman–Crippen LogP) is 2.65. The summed E-state index contributed by atoms with van der Waals surface area (Å²) in [5.74, 6) is 2.64. The van der Waals surface area contributed by atoms with E-state index in [1.54, 1.807) is 0 Å². The van der Waals surface area contributed by atoms with Gasteiger partial charge in [-0.2, -0.15) is 0 Å². The van der Waals surface area contributed by atoms with Crippen LogP contribution in [0.5, 0.6) is 0 Å². The van der Waals surface area contributed by atoms with Crippen LogP contribution in [0.2, 0.25) is 0 Å². The number of pyridine rings is 1. The van der Waals surface area contributed by atoms with Gasteiger partial charge in [-0.05, 0) is 49.9 Å². The van der Waals surface area contributed by atoms with E-state index >= 15 is 0 Å². The Hall–Kier alpha value is -0.410. The molecule has 0 radical (unpaired) electrons. The first-order valence-corrected chi connectivity index (χ1v) is 6.99. The van der Waals surface area contributed by atoms with Crippen LogP contribution in [0.25, 0.3) is 0 Å². The Labute approximate surface area is 104 Å². The second kappa shape index (κ2) is 3.30. The van der Waals surface area contributed by atoms with Gasteiger partial charge in [-0.15, -0.1) is 0 Å². The average Bonchev–Trinajstić information content (AvgIpc) is 3.07. The van der Waals surface area contributed by atoms with Gasteiger partial charge in [-0.3, -0.25) is 9.88 Å². The van der Waals surface area contributed by atoms with Crippen LogP contribution in [0.1, 0.15) is 24.5 Å². The summed E-state index contributed by atoms with van der Waals surface area (Å²) in [5, 5.41) is 0. The molecule has 3 atom stereocenters. The number of hydrogen-bond acceptors (Lipinski definition) is 2. The molecule has 1 saturated carbocycles. The number of hydrogen-bond donors (Lipinski definition) is 0. The first kappa shape index (κ1) is 9.60. The van der Waals surface area contributed by atoms with Crippen LogP contribution in [-0.4, -0.2) is 29.0 Å². The van der Waals surface area contributed by atoms with Gasteiger partial charge >= 0.3 is 0 Å². The first-order chi connectivity index (χ1) is 7.84. The van der Waals surface area contributed by atoms with Crippen LogP contribution in [0.4, 0.5) is 0 Å². The molecule has 1 aliphatic carbocycles. The summed E-state index contributed by atoms with van der Waals surface area (Å²) in [7, 11) is 0. The molecular weight excluding hydrogens is 264 g/mol. The number of nitrogens with zero attached hydrogens (tertiary/aromatic N) is 2. The zero-order valence-corrected chi connectivity index (χ0v) is 10.7. The summed E-state index contributed by atoms with van der Waals surface area (Å²) in [6.07, 6.45) is 4.78. The second-order valence-corrected chi connectivity index (χ2v) is 6.28. The zero-order valence-electron chi connectivity index (χ0n) is 9.14. The van der Waals surface area contributed by atoms with Gasteiger partial charge in [0.25, 0.3) is 0 Å². The van der Waals surface area contributed by atoms with E-state index in [4.69, 9.17) is 0 Å². The topological polar surface area (TPSA) is 16.1 Å². The minimum atomic E-state index is 0.729. The molecule has 84 valence electrons. The average molecular weight is 279 g/mol. The highest BCUT2D eigenvalue weighted by atomic mass is 79.9. The number of piperidine rings is 3. The van der Waals surface area contributed by atoms with Crippen molar-refractivity contribution in [2.75, 3.05) is 13.1 Å². The van der Waals surface area contributed by atoms with Gasteiger partial charge in [-0.25, -0.2) is 0 Å². The van der Waals surface area contributed by atoms with Crippen LogP contribution < -0.4 is 0 Å². The number of halogens is 1. The van der Waals surface area contributed by atoms with E-state index < -0.39 is 0 Å². The summed E-state index contributed by atoms with van der Waals surface area (Å²) in [6.45, 7) is 2.66. The lowest BCUT2D eigenvalue weighted by molar-refractivity contribution is 0.103. The van der Waals surface area contributed by atoms with Gasteiger partial charge in [0.1, 0.15) is 0 Å². The standard InChI is InChI=1S/C13H15BrN2/c14-9-1-4-15-10(7-9)12-11-8-2-5-16(6-3-8)13(11)12/h1,4,7-8,11-13H,2-3,5-6H2. The summed E-state index contributed by atoms with van der Waals surface area (Å²) in [4.78, 5) is 7.26. The molecule has 4 fully saturated rings. The van der Waals surface area contributed by atoms with Crippen LogP contribution in [0.3, 0.4) is 0 Å². The lowest BCUT2D eigenvalue weighted by Gasteiger charge is -2.38. The molecule has 0 N–H and O–H groups in total. The third-order valence-corrected chi connectivity index (χ3v) is 5.15. The monoisotopic (exact) mass is 278 g/mol. The lowest BCUT2D eigenvalue weighted by Crippen LogP contribution is -2.42. The number of aromatic nitrogens is 1. The predicted molar refractivity (Wildman–Crippen MR) is 66.3 cm³/mol. The molecule has 3 unspecified atom stereocenters. The van der Waals surface area contributed by atoms with E-state index in [9.17, 15) is 0 Å². The maximum Gasteiger partial charge on any atom is 0.0464 e. The molecule has 16 heavy (non-hydrogen) atoms. The maximum atomic E-state index is 4.57. The fourth-order valence-corrected chi connectivity index (χ4v) is 4.29. The highest BCUT2D eigenvalue weighted by molar-refractivity contribution is 9.10. The fourth-order valence-electron chi connectivity index (χ4n) is 3.94. The molecule has 2 bridgehead atoms. The van der Waals surface area contributed by atoms with Crippen molar-refractivity contribution >= 4 is 15.9 Å². The van der Waals surface area contributed by atoms with Gasteiger partial charge in [0.05, 0.1) is 0 Å². The van der Waals surface area contributed by atoms with Crippen molar-refractivity contribution in [3.05, 3.63) is 28.5 Å². The van der Waals surface area contributed by atoms with E-state index in [0.29, 0.717) is 0 Å². The molecule has 0 spiro atoms. The van der Waals surface area contributed by atoms with Crippen LogP contribution in [0.15, 0.2) is 22.8 Å². The Balaban J connectivity index is 1.67. The van der Waals surface area contributed by atoms with Gasteiger partial charge in [0.15, 0.2) is 0 Å². The minimum Gasteiger partial charge on any atom is -0.299 e. The second-order valence-electron chi connectivity index (χ2n) is 5.37. The highest BCUT2D eigenvalue weighted by Gasteiger charge is 2.62. The molecule has 3 heteroatoms. The van der Waals surface area contributed by atoms with Crippen molar-refractivity contribution in [1.29, 1.82) is 0 Å². The van der Waals surface area contributed by atoms with E-state index in [0.717, 1.165) is 23.8 Å². The lowest BCUT2D eigenvalue weighted by atomic mass is 9.87. The van der Waals surface area contributed by atoms with Crippen molar-refractivity contribution in [1.82, 2.24) is 9.88 Å². The highest BCUT2D eigenvalue weighted by Crippen LogP contribution is 2.61. The van der Waals surface area contributed by atoms with Gasteiger partial charge in [0.2, 0.25) is 0 Å². The molecule has 1 aromatic heterocycles. The molecule has 2 nitrogen and oxygen atoms in total. The Morgan fingerprint density at radius 2 is 2.12 bits per heavy atom. The molecule has 0 amide bonds. The van der Waals surface area contributed by atoms with E-state index in [1.165, 1.54) is 36.1 Å². The molecule has 4 heterocycles. The normalized spacial score (nSPS) is 44.2. The molecule has 3 aliphatic heterocycles. The smallest absolute Gasteiger partial charge is 0.0464 e. The summed E-state index contributed by atoms with van der Waals surface area (Å²) in [5.41, 5.74) is 1.31. The molecular formula is C13H15BrN2. The molecule has 4 aliphatic rings. The van der Waals surface area contributed by atoms with Gasteiger partial charge in [-0.1, -0.05) is 15.9 Å². The quantitative estimate of drug-likeness (QED) is 0.785. The van der Waals surface area contributed by atoms with Crippen molar-refractivity contribution in [3.8, 4) is 0 Å². The summed E-state index contributed by atoms with van der Waals surface area (Å²) < 4.78 is 1.17. The Bertz CT molecular complexity index is 408. The Morgan fingerprint density at radius 3 is 2.75 bits per heavy atom. The van der Waals surface area contributed by atoms with E-state index in [1.807, 2.05) is 12.3 Å². The zero-order chi connectivity index (χ0) is 10.7. The minimum absolute atomic E-state index is 0.729. The first-order valence-electron chi connectivity index (χ1n) is 6.20. The van der Waals surface area contributed by atoms with Crippen molar-refractivity contribution in [2.24, 2.45) is 11.8 Å². The van der Waals surface area contributed by atoms with Gasteiger partial charge in [0, 0.05) is 28.3 Å². The van der Waals surface area contributed by atoms with E-state index in [-0.39, 0.29) is 0 Å². The molecule has 1 aromatic rings. The third-order valence-electron chi connectivity index (χ3n) is 4.66. The number of fused-ring (bicyclic) bond motifs is 2. The van der Waals surface area contributed by atoms with Gasteiger partial charge < -0.3 is 0 Å². The maximum absolute atomic E-state index is 4.57. The molecule has 0 aromatic carbocycles. The largest absolute Gasteiger partial charge is 0.299 e. The van der Waals surface area contributed by atoms with E-state index in [2.05, 4.69) is 31.9 Å². The SMILES string of the molecule is Brc1ccnc(C2C3C4CCN(CC4)C23)c1.